The summed E-state index contributed by atoms with van der Waals surface area (Å²) >= 11 is 5.78. The van der Waals surface area contributed by atoms with Crippen LogP contribution in [0.15, 0.2) is 24.3 Å². The minimum atomic E-state index is -0.0422. The van der Waals surface area contributed by atoms with Crippen molar-refractivity contribution in [3.63, 3.8) is 0 Å². The van der Waals surface area contributed by atoms with E-state index in [0.717, 1.165) is 5.56 Å². The van der Waals surface area contributed by atoms with Gasteiger partial charge in [-0.05, 0) is 37.7 Å². The van der Waals surface area contributed by atoms with E-state index in [2.05, 4.69) is 24.1 Å². The van der Waals surface area contributed by atoms with Crippen LogP contribution in [0.25, 0.3) is 0 Å². The second-order valence-electron chi connectivity index (χ2n) is 5.32. The van der Waals surface area contributed by atoms with Gasteiger partial charge in [0.05, 0.1) is 0 Å². The highest BCUT2D eigenvalue weighted by atomic mass is 35.5. The monoisotopic (exact) mass is 282 g/mol. The second kappa shape index (κ2) is 7.51. The standard InChI is InChI=1S/C15H23ClN2O/c1-11(2)14(18(3)4)10-17-15(19)13-7-5-6-12(8-13)9-16/h5-8,11,14H,9-10H2,1-4H3,(H,17,19). The molecule has 1 amide bonds. The molecule has 3 nitrogen and oxygen atoms in total. The lowest BCUT2D eigenvalue weighted by molar-refractivity contribution is 0.0934. The molecule has 0 aliphatic carbocycles. The van der Waals surface area contributed by atoms with Crippen LogP contribution in [0.4, 0.5) is 0 Å². The van der Waals surface area contributed by atoms with E-state index >= 15 is 0 Å². The molecule has 0 heterocycles. The van der Waals surface area contributed by atoms with Crippen LogP contribution < -0.4 is 5.32 Å². The Labute approximate surface area is 120 Å². The number of likely N-dealkylation sites (N-methyl/N-ethyl adjacent to an activating group) is 1. The number of benzene rings is 1. The van der Waals surface area contributed by atoms with Gasteiger partial charge in [0, 0.05) is 24.0 Å². The predicted molar refractivity (Wildman–Crippen MR) is 80.6 cm³/mol. The molecule has 1 aromatic rings. The smallest absolute Gasteiger partial charge is 0.251 e. The molecular weight excluding hydrogens is 260 g/mol. The first kappa shape index (κ1) is 16.0. The molecule has 0 aromatic heterocycles. The summed E-state index contributed by atoms with van der Waals surface area (Å²) in [5.41, 5.74) is 1.63. The Morgan fingerprint density at radius 3 is 2.58 bits per heavy atom. The van der Waals surface area contributed by atoms with E-state index in [1.165, 1.54) is 0 Å². The highest BCUT2D eigenvalue weighted by Crippen LogP contribution is 2.09. The van der Waals surface area contributed by atoms with Crippen LogP contribution in [0.5, 0.6) is 0 Å². The van der Waals surface area contributed by atoms with Gasteiger partial charge in [-0.25, -0.2) is 0 Å². The Balaban J connectivity index is 2.64. The third-order valence-corrected chi connectivity index (χ3v) is 3.56. The van der Waals surface area contributed by atoms with Gasteiger partial charge in [-0.1, -0.05) is 26.0 Å². The number of alkyl halides is 1. The average Bonchev–Trinajstić information content (AvgIpc) is 2.38. The summed E-state index contributed by atoms with van der Waals surface area (Å²) in [5, 5.41) is 2.99. The number of carbonyl (C=O) groups excluding carboxylic acids is 1. The number of hydrogen-bond donors (Lipinski definition) is 1. The summed E-state index contributed by atoms with van der Waals surface area (Å²) < 4.78 is 0. The van der Waals surface area contributed by atoms with Gasteiger partial charge in [0.1, 0.15) is 0 Å². The van der Waals surface area contributed by atoms with Gasteiger partial charge in [0.25, 0.3) is 5.91 Å². The maximum absolute atomic E-state index is 12.1. The second-order valence-corrected chi connectivity index (χ2v) is 5.59. The Kier molecular flexibility index (Phi) is 6.32. The molecule has 1 atom stereocenters. The van der Waals surface area contributed by atoms with Crippen LogP contribution in [0, 0.1) is 5.92 Å². The minimum absolute atomic E-state index is 0.0422. The molecule has 1 rings (SSSR count). The zero-order valence-corrected chi connectivity index (χ0v) is 12.9. The molecule has 0 saturated carbocycles. The first-order valence-corrected chi connectivity index (χ1v) is 7.08. The molecule has 106 valence electrons. The molecule has 1 aromatic carbocycles. The van der Waals surface area contributed by atoms with E-state index in [1.54, 1.807) is 0 Å². The molecule has 1 N–H and O–H groups in total. The molecule has 0 aliphatic heterocycles. The first-order valence-electron chi connectivity index (χ1n) is 6.55. The van der Waals surface area contributed by atoms with Crippen LogP contribution in [0.2, 0.25) is 0 Å². The Hall–Kier alpha value is -1.06. The van der Waals surface area contributed by atoms with Crippen molar-refractivity contribution < 1.29 is 4.79 Å². The van der Waals surface area contributed by atoms with E-state index in [-0.39, 0.29) is 5.91 Å². The van der Waals surface area contributed by atoms with Gasteiger partial charge in [-0.3, -0.25) is 4.79 Å². The number of carbonyl (C=O) groups is 1. The maximum atomic E-state index is 12.1. The number of nitrogens with zero attached hydrogens (tertiary/aromatic N) is 1. The normalized spacial score (nSPS) is 12.8. The van der Waals surface area contributed by atoms with Crippen molar-refractivity contribution in [1.82, 2.24) is 10.2 Å². The summed E-state index contributed by atoms with van der Waals surface area (Å²) in [7, 11) is 4.07. The fourth-order valence-corrected chi connectivity index (χ4v) is 2.28. The Morgan fingerprint density at radius 2 is 2.05 bits per heavy atom. The molecule has 0 bridgehead atoms. The van der Waals surface area contributed by atoms with Crippen LogP contribution in [-0.2, 0) is 5.88 Å². The molecule has 0 radical (unpaired) electrons. The number of nitrogens with one attached hydrogen (secondary N) is 1. The van der Waals surface area contributed by atoms with E-state index in [9.17, 15) is 4.79 Å². The summed E-state index contributed by atoms with van der Waals surface area (Å²) in [4.78, 5) is 14.2. The third kappa shape index (κ3) is 4.84. The Bertz CT molecular complexity index is 410. The van der Waals surface area contributed by atoms with Crippen LogP contribution in [0.1, 0.15) is 29.8 Å². The number of hydrogen-bond acceptors (Lipinski definition) is 2. The number of halogens is 1. The fraction of sp³-hybridized carbons (Fsp3) is 0.533. The van der Waals surface area contributed by atoms with Crippen molar-refractivity contribution in [3.05, 3.63) is 35.4 Å². The molecule has 0 saturated heterocycles. The SMILES string of the molecule is CC(C)C(CNC(=O)c1cccc(CCl)c1)N(C)C. The Morgan fingerprint density at radius 1 is 1.37 bits per heavy atom. The van der Waals surface area contributed by atoms with Crippen LogP contribution in [-0.4, -0.2) is 37.5 Å². The maximum Gasteiger partial charge on any atom is 0.251 e. The van der Waals surface area contributed by atoms with Gasteiger partial charge in [-0.2, -0.15) is 0 Å². The van der Waals surface area contributed by atoms with E-state index in [4.69, 9.17) is 11.6 Å². The summed E-state index contributed by atoms with van der Waals surface area (Å²) in [5.74, 6) is 0.872. The highest BCUT2D eigenvalue weighted by molar-refractivity contribution is 6.17. The van der Waals surface area contributed by atoms with Crippen molar-refractivity contribution in [1.29, 1.82) is 0 Å². The van der Waals surface area contributed by atoms with Gasteiger partial charge in [0.15, 0.2) is 0 Å². The van der Waals surface area contributed by atoms with Crippen LogP contribution in [0.3, 0.4) is 0 Å². The molecular formula is C15H23ClN2O. The molecule has 19 heavy (non-hydrogen) atoms. The topological polar surface area (TPSA) is 32.3 Å². The first-order chi connectivity index (χ1) is 8.95. The van der Waals surface area contributed by atoms with Crippen molar-refractivity contribution in [2.75, 3.05) is 20.6 Å². The van der Waals surface area contributed by atoms with Gasteiger partial charge < -0.3 is 10.2 Å². The average molecular weight is 283 g/mol. The number of rotatable bonds is 6. The van der Waals surface area contributed by atoms with Gasteiger partial charge >= 0.3 is 0 Å². The van der Waals surface area contributed by atoms with Crippen molar-refractivity contribution in [2.24, 2.45) is 5.92 Å². The molecule has 4 heteroatoms. The van der Waals surface area contributed by atoms with Gasteiger partial charge in [0.2, 0.25) is 0 Å². The highest BCUT2D eigenvalue weighted by Gasteiger charge is 2.17. The summed E-state index contributed by atoms with van der Waals surface area (Å²) in [6.07, 6.45) is 0. The predicted octanol–water partition coefficient (Wildman–Crippen LogP) is 2.74. The van der Waals surface area contributed by atoms with E-state index in [1.807, 2.05) is 38.4 Å². The van der Waals surface area contributed by atoms with Crippen molar-refractivity contribution in [2.45, 2.75) is 25.8 Å². The number of amides is 1. The van der Waals surface area contributed by atoms with Crippen molar-refractivity contribution >= 4 is 17.5 Å². The lowest BCUT2D eigenvalue weighted by Gasteiger charge is -2.28. The zero-order valence-electron chi connectivity index (χ0n) is 12.1. The third-order valence-electron chi connectivity index (χ3n) is 3.25. The van der Waals surface area contributed by atoms with Gasteiger partial charge in [-0.15, -0.1) is 11.6 Å². The van der Waals surface area contributed by atoms with Crippen molar-refractivity contribution in [3.8, 4) is 0 Å². The molecule has 1 unspecified atom stereocenters. The fourth-order valence-electron chi connectivity index (χ4n) is 2.11. The lowest BCUT2D eigenvalue weighted by Crippen LogP contribution is -2.43. The quantitative estimate of drug-likeness (QED) is 0.814. The van der Waals surface area contributed by atoms with Crippen LogP contribution >= 0.6 is 11.6 Å². The minimum Gasteiger partial charge on any atom is -0.350 e. The van der Waals surface area contributed by atoms with E-state index < -0.39 is 0 Å². The lowest BCUT2D eigenvalue weighted by atomic mass is 10.0. The molecule has 0 aliphatic rings. The zero-order chi connectivity index (χ0) is 14.4. The van der Waals surface area contributed by atoms with E-state index in [0.29, 0.717) is 29.9 Å². The molecule has 0 spiro atoms. The largest absolute Gasteiger partial charge is 0.350 e. The summed E-state index contributed by atoms with van der Waals surface area (Å²) in [6, 6.07) is 7.76. The summed E-state index contributed by atoms with van der Waals surface area (Å²) in [6.45, 7) is 4.96. The molecule has 0 fully saturated rings.